The number of nitrogens with one attached hydrogen (secondary N) is 1. The Morgan fingerprint density at radius 3 is 2.26 bits per heavy atom. The molecule has 5 N–H and O–H groups in total. The Balaban J connectivity index is 0.00000341. The normalized spacial score (nSPS) is 18.4. The maximum atomic E-state index is 13.4. The molecular formula is C24H33ClN2O4. The smallest absolute Gasteiger partial charge is 0.227 e. The van der Waals surface area contributed by atoms with Gasteiger partial charge < -0.3 is 26.0 Å². The van der Waals surface area contributed by atoms with Gasteiger partial charge in [-0.3, -0.25) is 4.79 Å². The van der Waals surface area contributed by atoms with Gasteiger partial charge in [0.2, 0.25) is 5.91 Å². The zero-order chi connectivity index (χ0) is 21.8. The van der Waals surface area contributed by atoms with Gasteiger partial charge in [0, 0.05) is 7.11 Å². The monoisotopic (exact) mass is 448 g/mol. The van der Waals surface area contributed by atoms with Crippen molar-refractivity contribution in [3.8, 4) is 11.5 Å². The minimum Gasteiger partial charge on any atom is -0.504 e. The fraction of sp³-hybridized carbons (Fsp3) is 0.458. The van der Waals surface area contributed by atoms with Crippen LogP contribution in [-0.4, -0.2) is 36.3 Å². The van der Waals surface area contributed by atoms with Crippen LogP contribution in [0.15, 0.2) is 48.5 Å². The number of phenols is 2. The summed E-state index contributed by atoms with van der Waals surface area (Å²) in [6, 6.07) is 14.2. The maximum absolute atomic E-state index is 13.4. The van der Waals surface area contributed by atoms with E-state index in [1.807, 2.05) is 37.3 Å². The Bertz CT molecular complexity index is 873. The number of halogens is 1. The third-order valence-electron chi connectivity index (χ3n) is 6.62. The van der Waals surface area contributed by atoms with Crippen LogP contribution in [0.1, 0.15) is 43.7 Å². The Labute approximate surface area is 190 Å². The number of hydrogen-bond donors (Lipinski definition) is 4. The van der Waals surface area contributed by atoms with Crippen molar-refractivity contribution in [2.75, 3.05) is 20.2 Å². The summed E-state index contributed by atoms with van der Waals surface area (Å²) in [7, 11) is 1.59. The van der Waals surface area contributed by atoms with E-state index in [2.05, 4.69) is 5.32 Å². The van der Waals surface area contributed by atoms with Gasteiger partial charge in [0.05, 0.1) is 5.41 Å². The van der Waals surface area contributed by atoms with Gasteiger partial charge in [-0.2, -0.15) is 0 Å². The van der Waals surface area contributed by atoms with E-state index in [1.165, 1.54) is 12.1 Å². The third-order valence-corrected chi connectivity index (χ3v) is 6.62. The van der Waals surface area contributed by atoms with Crippen molar-refractivity contribution in [1.29, 1.82) is 0 Å². The zero-order valence-electron chi connectivity index (χ0n) is 18.1. The van der Waals surface area contributed by atoms with Crippen molar-refractivity contribution in [1.82, 2.24) is 5.32 Å². The number of nitrogens with two attached hydrogens (primary N) is 1. The van der Waals surface area contributed by atoms with Gasteiger partial charge in [-0.15, -0.1) is 12.4 Å². The molecule has 1 aliphatic rings. The predicted molar refractivity (Wildman–Crippen MR) is 123 cm³/mol. The second kappa shape index (κ2) is 10.4. The van der Waals surface area contributed by atoms with Gasteiger partial charge in [-0.05, 0) is 61.5 Å². The van der Waals surface area contributed by atoms with Crippen LogP contribution in [0, 0.1) is 11.3 Å². The highest BCUT2D eigenvalue weighted by Gasteiger charge is 2.61. The fourth-order valence-electron chi connectivity index (χ4n) is 5.39. The molecule has 2 aromatic carbocycles. The van der Waals surface area contributed by atoms with Crippen LogP contribution in [0.4, 0.5) is 0 Å². The summed E-state index contributed by atoms with van der Waals surface area (Å²) in [5.41, 5.74) is 5.37. The van der Waals surface area contributed by atoms with Crippen LogP contribution in [-0.2, 0) is 15.1 Å². The highest BCUT2D eigenvalue weighted by atomic mass is 35.5. The number of phenolic OH excluding ortho intramolecular Hbond substituents is 2. The van der Waals surface area contributed by atoms with Crippen LogP contribution < -0.4 is 11.1 Å². The topological polar surface area (TPSA) is 105 Å². The highest BCUT2D eigenvalue weighted by Crippen LogP contribution is 2.57. The average molecular weight is 449 g/mol. The molecule has 2 aromatic rings. The van der Waals surface area contributed by atoms with Crippen molar-refractivity contribution in [2.24, 2.45) is 17.1 Å². The number of hydrogen-bond acceptors (Lipinski definition) is 5. The van der Waals surface area contributed by atoms with Gasteiger partial charge in [0.25, 0.3) is 0 Å². The van der Waals surface area contributed by atoms with E-state index in [0.717, 1.165) is 37.9 Å². The largest absolute Gasteiger partial charge is 0.504 e. The van der Waals surface area contributed by atoms with Gasteiger partial charge in [-0.25, -0.2) is 0 Å². The molecule has 0 aromatic heterocycles. The molecule has 6 nitrogen and oxygen atoms in total. The van der Waals surface area contributed by atoms with Crippen molar-refractivity contribution in [3.05, 3.63) is 59.7 Å². The Morgan fingerprint density at radius 1 is 1.10 bits per heavy atom. The van der Waals surface area contributed by atoms with Gasteiger partial charge in [0.15, 0.2) is 11.5 Å². The number of ether oxygens (including phenoxy) is 1. The van der Waals surface area contributed by atoms with Gasteiger partial charge in [-0.1, -0.05) is 49.7 Å². The number of carbonyl (C=O) groups is 1. The standard InChI is InChI=1S/C24H32N2O4.ClH/c1-3-13-23(22(25)29,17-11-14-26-15-12-17)24(30-2,18-7-5-4-6-8-18)19-9-10-20(27)21(28)16-19;/h4-10,16-17,26-28H,3,11-15H2,1-2H3,(H2,25,29);1H. The van der Waals surface area contributed by atoms with Crippen molar-refractivity contribution in [3.63, 3.8) is 0 Å². The third kappa shape index (κ3) is 4.12. The molecule has 170 valence electrons. The fourth-order valence-corrected chi connectivity index (χ4v) is 5.39. The number of benzene rings is 2. The summed E-state index contributed by atoms with van der Waals surface area (Å²) in [6.45, 7) is 3.65. The van der Waals surface area contributed by atoms with E-state index in [0.29, 0.717) is 12.0 Å². The van der Waals surface area contributed by atoms with Crippen LogP contribution >= 0.6 is 12.4 Å². The first-order valence-electron chi connectivity index (χ1n) is 10.6. The molecule has 7 heteroatoms. The summed E-state index contributed by atoms with van der Waals surface area (Å²) in [6.07, 6.45) is 2.88. The number of aromatic hydroxyl groups is 2. The van der Waals surface area contributed by atoms with E-state index in [-0.39, 0.29) is 29.8 Å². The van der Waals surface area contributed by atoms with Crippen molar-refractivity contribution >= 4 is 18.3 Å². The summed E-state index contributed by atoms with van der Waals surface area (Å²) >= 11 is 0. The predicted octanol–water partition coefficient (Wildman–Crippen LogP) is 3.68. The molecule has 0 bridgehead atoms. The molecule has 2 unspecified atom stereocenters. The van der Waals surface area contributed by atoms with Crippen LogP contribution in [0.5, 0.6) is 11.5 Å². The lowest BCUT2D eigenvalue weighted by Crippen LogP contribution is -2.60. The molecule has 1 saturated heterocycles. The summed E-state index contributed by atoms with van der Waals surface area (Å²) in [4.78, 5) is 13.4. The number of methoxy groups -OCH3 is 1. The molecule has 1 amide bonds. The van der Waals surface area contributed by atoms with E-state index >= 15 is 0 Å². The first-order valence-corrected chi connectivity index (χ1v) is 10.6. The minimum atomic E-state index is -1.22. The number of amides is 1. The SMILES string of the molecule is CCCC(C(N)=O)(C1CCNCC1)C(OC)(c1ccccc1)c1ccc(O)c(O)c1.Cl. The Hall–Kier alpha value is -2.28. The maximum Gasteiger partial charge on any atom is 0.227 e. The number of carbonyl (C=O) groups excluding carboxylic acids is 1. The Morgan fingerprint density at radius 2 is 1.74 bits per heavy atom. The minimum absolute atomic E-state index is 0. The molecule has 0 radical (unpaired) electrons. The summed E-state index contributed by atoms with van der Waals surface area (Å²) in [5, 5.41) is 23.6. The lowest BCUT2D eigenvalue weighted by Gasteiger charge is -2.53. The van der Waals surface area contributed by atoms with Crippen molar-refractivity contribution in [2.45, 2.75) is 38.2 Å². The van der Waals surface area contributed by atoms with E-state index < -0.39 is 16.9 Å². The molecule has 0 spiro atoms. The lowest BCUT2D eigenvalue weighted by molar-refractivity contribution is -0.164. The first-order chi connectivity index (χ1) is 14.4. The number of piperidine rings is 1. The molecule has 2 atom stereocenters. The molecule has 1 heterocycles. The summed E-state index contributed by atoms with van der Waals surface area (Å²) in [5.74, 6) is -0.897. The highest BCUT2D eigenvalue weighted by molar-refractivity contribution is 5.85. The molecule has 1 fully saturated rings. The first kappa shape index (κ1) is 25.0. The van der Waals surface area contributed by atoms with Crippen molar-refractivity contribution < 1.29 is 19.7 Å². The quantitative estimate of drug-likeness (QED) is 0.461. The van der Waals surface area contributed by atoms with Gasteiger partial charge >= 0.3 is 0 Å². The second-order valence-electron chi connectivity index (χ2n) is 8.06. The van der Waals surface area contributed by atoms with Crippen LogP contribution in [0.2, 0.25) is 0 Å². The van der Waals surface area contributed by atoms with E-state index in [4.69, 9.17) is 10.5 Å². The number of primary amides is 1. The molecule has 31 heavy (non-hydrogen) atoms. The Kier molecular flexibility index (Phi) is 8.34. The summed E-state index contributed by atoms with van der Waals surface area (Å²) < 4.78 is 6.32. The number of rotatable bonds is 8. The molecular weight excluding hydrogens is 416 g/mol. The van der Waals surface area contributed by atoms with Gasteiger partial charge in [0.1, 0.15) is 5.60 Å². The molecule has 0 saturated carbocycles. The van der Waals surface area contributed by atoms with Crippen LogP contribution in [0.25, 0.3) is 0 Å². The molecule has 3 rings (SSSR count). The average Bonchev–Trinajstić information content (AvgIpc) is 2.77. The van der Waals surface area contributed by atoms with Crippen LogP contribution in [0.3, 0.4) is 0 Å². The lowest BCUT2D eigenvalue weighted by atomic mass is 9.54. The van der Waals surface area contributed by atoms with E-state index in [1.54, 1.807) is 13.2 Å². The zero-order valence-corrected chi connectivity index (χ0v) is 19.0. The molecule has 0 aliphatic carbocycles. The second-order valence-corrected chi connectivity index (χ2v) is 8.06. The van der Waals surface area contributed by atoms with E-state index in [9.17, 15) is 15.0 Å². The molecule has 1 aliphatic heterocycles.